The number of aryl methyl sites for hydroxylation is 1. The Morgan fingerprint density at radius 3 is 2.60 bits per heavy atom. The summed E-state index contributed by atoms with van der Waals surface area (Å²) in [7, 11) is 1.78. The van der Waals surface area contributed by atoms with Gasteiger partial charge in [0.05, 0.1) is 7.11 Å². The SMILES string of the molecule is COc1cccc2c1CC(C)(Cc1ccccc1)CC2. The molecule has 1 aliphatic rings. The van der Waals surface area contributed by atoms with Gasteiger partial charge in [0.25, 0.3) is 0 Å². The number of hydrogen-bond acceptors (Lipinski definition) is 1. The Hall–Kier alpha value is -1.76. The Morgan fingerprint density at radius 1 is 1.05 bits per heavy atom. The van der Waals surface area contributed by atoms with E-state index in [2.05, 4.69) is 55.5 Å². The van der Waals surface area contributed by atoms with Crippen LogP contribution in [0.15, 0.2) is 48.5 Å². The van der Waals surface area contributed by atoms with Crippen molar-refractivity contribution in [1.29, 1.82) is 0 Å². The summed E-state index contributed by atoms with van der Waals surface area (Å²) in [6.45, 7) is 2.41. The van der Waals surface area contributed by atoms with E-state index in [1.54, 1.807) is 7.11 Å². The molecule has 20 heavy (non-hydrogen) atoms. The number of hydrogen-bond donors (Lipinski definition) is 0. The minimum absolute atomic E-state index is 0.336. The Labute approximate surface area is 121 Å². The molecule has 0 saturated heterocycles. The molecule has 104 valence electrons. The lowest BCUT2D eigenvalue weighted by Gasteiger charge is -2.36. The third kappa shape index (κ3) is 2.58. The van der Waals surface area contributed by atoms with E-state index in [9.17, 15) is 0 Å². The van der Waals surface area contributed by atoms with Crippen LogP contribution in [0.3, 0.4) is 0 Å². The van der Waals surface area contributed by atoms with Gasteiger partial charge in [-0.2, -0.15) is 0 Å². The molecular formula is C19H22O. The monoisotopic (exact) mass is 266 g/mol. The van der Waals surface area contributed by atoms with Gasteiger partial charge >= 0.3 is 0 Å². The molecule has 0 bridgehead atoms. The normalized spacial score (nSPS) is 21.3. The number of rotatable bonds is 3. The van der Waals surface area contributed by atoms with Crippen molar-refractivity contribution >= 4 is 0 Å². The average molecular weight is 266 g/mol. The van der Waals surface area contributed by atoms with Crippen molar-refractivity contribution in [3.8, 4) is 5.75 Å². The molecule has 1 nitrogen and oxygen atoms in total. The lowest BCUT2D eigenvalue weighted by atomic mass is 9.69. The van der Waals surface area contributed by atoms with Gasteiger partial charge in [-0.1, -0.05) is 49.4 Å². The standard InChI is InChI=1S/C19H22O/c1-19(13-15-7-4-3-5-8-15)12-11-16-9-6-10-18(20-2)17(16)14-19/h3-10H,11-14H2,1-2H3. The second-order valence-electron chi connectivity index (χ2n) is 6.25. The average Bonchev–Trinajstić information content (AvgIpc) is 2.47. The van der Waals surface area contributed by atoms with Crippen LogP contribution >= 0.6 is 0 Å². The Balaban J connectivity index is 1.87. The fourth-order valence-electron chi connectivity index (χ4n) is 3.43. The van der Waals surface area contributed by atoms with Crippen molar-refractivity contribution in [2.45, 2.75) is 32.6 Å². The molecule has 0 amide bonds. The molecule has 2 aromatic rings. The molecular weight excluding hydrogens is 244 g/mol. The van der Waals surface area contributed by atoms with E-state index in [4.69, 9.17) is 4.74 Å². The zero-order valence-corrected chi connectivity index (χ0v) is 12.4. The lowest BCUT2D eigenvalue weighted by Crippen LogP contribution is -2.28. The number of methoxy groups -OCH3 is 1. The summed E-state index contributed by atoms with van der Waals surface area (Å²) in [6, 6.07) is 17.3. The molecule has 0 heterocycles. The van der Waals surface area contributed by atoms with Crippen molar-refractivity contribution in [3.63, 3.8) is 0 Å². The molecule has 0 radical (unpaired) electrons. The molecule has 0 fully saturated rings. The Kier molecular flexibility index (Phi) is 3.52. The third-order valence-corrected chi connectivity index (χ3v) is 4.53. The zero-order chi connectivity index (χ0) is 14.0. The van der Waals surface area contributed by atoms with Crippen molar-refractivity contribution in [1.82, 2.24) is 0 Å². The van der Waals surface area contributed by atoms with Gasteiger partial charge in [0.2, 0.25) is 0 Å². The summed E-state index contributed by atoms with van der Waals surface area (Å²) < 4.78 is 5.56. The zero-order valence-electron chi connectivity index (χ0n) is 12.4. The third-order valence-electron chi connectivity index (χ3n) is 4.53. The van der Waals surface area contributed by atoms with Crippen LogP contribution in [0.4, 0.5) is 0 Å². The van der Waals surface area contributed by atoms with E-state index < -0.39 is 0 Å². The maximum absolute atomic E-state index is 5.56. The van der Waals surface area contributed by atoms with Crippen LogP contribution < -0.4 is 4.74 Å². The van der Waals surface area contributed by atoms with Crippen LogP contribution in [-0.2, 0) is 19.3 Å². The van der Waals surface area contributed by atoms with Gasteiger partial charge in [0, 0.05) is 0 Å². The smallest absolute Gasteiger partial charge is 0.122 e. The molecule has 0 N–H and O–H groups in total. The molecule has 1 unspecified atom stereocenters. The largest absolute Gasteiger partial charge is 0.496 e. The van der Waals surface area contributed by atoms with E-state index in [1.165, 1.54) is 23.1 Å². The topological polar surface area (TPSA) is 9.23 Å². The Morgan fingerprint density at radius 2 is 1.85 bits per heavy atom. The lowest BCUT2D eigenvalue weighted by molar-refractivity contribution is 0.270. The van der Waals surface area contributed by atoms with E-state index in [1.807, 2.05) is 0 Å². The molecule has 0 saturated carbocycles. The quantitative estimate of drug-likeness (QED) is 0.798. The fraction of sp³-hybridized carbons (Fsp3) is 0.368. The summed E-state index contributed by atoms with van der Waals surface area (Å²) in [4.78, 5) is 0. The first-order chi connectivity index (χ1) is 9.70. The van der Waals surface area contributed by atoms with E-state index in [0.717, 1.165) is 25.0 Å². The van der Waals surface area contributed by atoms with Gasteiger partial charge in [-0.25, -0.2) is 0 Å². The molecule has 0 aromatic heterocycles. The second kappa shape index (κ2) is 5.32. The molecule has 1 aliphatic carbocycles. The first-order valence-electron chi connectivity index (χ1n) is 7.39. The summed E-state index contributed by atoms with van der Waals surface area (Å²) in [5, 5.41) is 0. The first kappa shape index (κ1) is 13.2. The highest BCUT2D eigenvalue weighted by molar-refractivity contribution is 5.43. The summed E-state index contributed by atoms with van der Waals surface area (Å²) in [5.74, 6) is 1.06. The van der Waals surface area contributed by atoms with Crippen molar-refractivity contribution in [2.75, 3.05) is 7.11 Å². The van der Waals surface area contributed by atoms with Crippen LogP contribution in [0.5, 0.6) is 5.75 Å². The maximum Gasteiger partial charge on any atom is 0.122 e. The fourth-order valence-corrected chi connectivity index (χ4v) is 3.43. The van der Waals surface area contributed by atoms with Crippen molar-refractivity contribution in [2.24, 2.45) is 5.41 Å². The predicted molar refractivity (Wildman–Crippen MR) is 83.3 cm³/mol. The van der Waals surface area contributed by atoms with Gasteiger partial charge in [0.1, 0.15) is 5.75 Å². The van der Waals surface area contributed by atoms with Crippen LogP contribution in [0, 0.1) is 5.41 Å². The number of benzene rings is 2. The summed E-state index contributed by atoms with van der Waals surface area (Å²) in [5.41, 5.74) is 4.66. The van der Waals surface area contributed by atoms with Crippen molar-refractivity contribution in [3.05, 3.63) is 65.2 Å². The van der Waals surface area contributed by atoms with Gasteiger partial charge in [0.15, 0.2) is 0 Å². The molecule has 2 aromatic carbocycles. The second-order valence-corrected chi connectivity index (χ2v) is 6.25. The van der Waals surface area contributed by atoms with Crippen LogP contribution in [0.1, 0.15) is 30.0 Å². The molecule has 0 spiro atoms. The van der Waals surface area contributed by atoms with Gasteiger partial charge in [-0.05, 0) is 53.9 Å². The van der Waals surface area contributed by atoms with E-state index in [-0.39, 0.29) is 0 Å². The maximum atomic E-state index is 5.56. The predicted octanol–water partition coefficient (Wildman–Crippen LogP) is 4.43. The van der Waals surface area contributed by atoms with E-state index in [0.29, 0.717) is 5.41 Å². The molecule has 0 aliphatic heterocycles. The highest BCUT2D eigenvalue weighted by atomic mass is 16.5. The highest BCUT2D eigenvalue weighted by Crippen LogP contribution is 2.41. The molecule has 1 atom stereocenters. The van der Waals surface area contributed by atoms with Crippen LogP contribution in [-0.4, -0.2) is 7.11 Å². The summed E-state index contributed by atoms with van der Waals surface area (Å²) in [6.07, 6.45) is 4.67. The minimum Gasteiger partial charge on any atom is -0.496 e. The van der Waals surface area contributed by atoms with E-state index >= 15 is 0 Å². The molecule has 1 heteroatoms. The number of ether oxygens (including phenoxy) is 1. The highest BCUT2D eigenvalue weighted by Gasteiger charge is 2.31. The van der Waals surface area contributed by atoms with Crippen LogP contribution in [0.2, 0.25) is 0 Å². The number of fused-ring (bicyclic) bond motifs is 1. The Bertz CT molecular complexity index is 574. The van der Waals surface area contributed by atoms with Crippen molar-refractivity contribution < 1.29 is 4.74 Å². The van der Waals surface area contributed by atoms with Gasteiger partial charge < -0.3 is 4.74 Å². The summed E-state index contributed by atoms with van der Waals surface area (Å²) >= 11 is 0. The minimum atomic E-state index is 0.336. The first-order valence-corrected chi connectivity index (χ1v) is 7.39. The molecule has 3 rings (SSSR count). The van der Waals surface area contributed by atoms with Crippen LogP contribution in [0.25, 0.3) is 0 Å². The van der Waals surface area contributed by atoms with Gasteiger partial charge in [-0.3, -0.25) is 0 Å². The van der Waals surface area contributed by atoms with Gasteiger partial charge in [-0.15, -0.1) is 0 Å².